The molecular formula is C19H21NO2. The number of nitrogens with zero attached hydrogens (tertiary/aromatic N) is 1. The molecule has 3 nitrogen and oxygen atoms in total. The highest BCUT2D eigenvalue weighted by Gasteiger charge is 2.43. The van der Waals surface area contributed by atoms with E-state index in [-0.39, 0.29) is 5.91 Å². The average Bonchev–Trinajstić information content (AvgIpc) is 2.85. The number of ether oxygens (including phenoxy) is 1. The van der Waals surface area contributed by atoms with Crippen LogP contribution in [0.4, 0.5) is 0 Å². The van der Waals surface area contributed by atoms with Gasteiger partial charge in [0.15, 0.2) is 0 Å². The van der Waals surface area contributed by atoms with E-state index in [2.05, 4.69) is 12.1 Å². The van der Waals surface area contributed by atoms with Gasteiger partial charge < -0.3 is 9.64 Å². The first-order valence-corrected chi connectivity index (χ1v) is 7.61. The summed E-state index contributed by atoms with van der Waals surface area (Å²) in [6, 6.07) is 18.0. The number of carbonyl (C=O) groups excluding carboxylic acids is 1. The van der Waals surface area contributed by atoms with E-state index < -0.39 is 5.41 Å². The summed E-state index contributed by atoms with van der Waals surface area (Å²) in [5, 5.41) is 0. The van der Waals surface area contributed by atoms with Crippen molar-refractivity contribution in [1.82, 2.24) is 4.90 Å². The average molecular weight is 295 g/mol. The highest BCUT2D eigenvalue weighted by molar-refractivity contribution is 5.90. The summed E-state index contributed by atoms with van der Waals surface area (Å²) in [5.74, 6) is 1.03. The quantitative estimate of drug-likeness (QED) is 0.865. The fourth-order valence-electron chi connectivity index (χ4n) is 3.10. The summed E-state index contributed by atoms with van der Waals surface area (Å²) in [6.07, 6.45) is 0.852. The van der Waals surface area contributed by atoms with E-state index in [9.17, 15) is 4.79 Å². The Morgan fingerprint density at radius 2 is 1.77 bits per heavy atom. The van der Waals surface area contributed by atoms with Gasteiger partial charge in [-0.3, -0.25) is 4.79 Å². The van der Waals surface area contributed by atoms with Crippen molar-refractivity contribution in [3.63, 3.8) is 0 Å². The van der Waals surface area contributed by atoms with E-state index in [4.69, 9.17) is 4.74 Å². The third-order valence-electron chi connectivity index (χ3n) is 4.58. The topological polar surface area (TPSA) is 29.5 Å². The number of likely N-dealkylation sites (tertiary alicyclic amines) is 1. The Labute approximate surface area is 131 Å². The van der Waals surface area contributed by atoms with Crippen LogP contribution >= 0.6 is 0 Å². The summed E-state index contributed by atoms with van der Waals surface area (Å²) in [6.45, 7) is 3.53. The van der Waals surface area contributed by atoms with Gasteiger partial charge in [0.2, 0.25) is 5.91 Å². The molecule has 0 unspecified atom stereocenters. The highest BCUT2D eigenvalue weighted by atomic mass is 16.5. The molecule has 1 saturated heterocycles. The second-order valence-electron chi connectivity index (χ2n) is 6.02. The third kappa shape index (κ3) is 2.59. The lowest BCUT2D eigenvalue weighted by Crippen LogP contribution is -2.35. The molecule has 2 aromatic rings. The van der Waals surface area contributed by atoms with E-state index in [0.29, 0.717) is 6.54 Å². The Morgan fingerprint density at radius 3 is 2.41 bits per heavy atom. The SMILES string of the molecule is COc1ccc([C@]2(C)CCN(Cc3ccccc3)C2=O)cc1. The van der Waals surface area contributed by atoms with Gasteiger partial charge in [-0.25, -0.2) is 0 Å². The summed E-state index contributed by atoms with van der Waals surface area (Å²) in [7, 11) is 1.65. The van der Waals surface area contributed by atoms with Gasteiger partial charge in [0, 0.05) is 13.1 Å². The standard InChI is InChI=1S/C19H21NO2/c1-19(16-8-10-17(22-2)11-9-16)12-13-20(18(19)21)14-15-6-4-3-5-7-15/h3-11H,12-14H2,1-2H3/t19-/m0/s1. The molecule has 0 radical (unpaired) electrons. The van der Waals surface area contributed by atoms with Crippen molar-refractivity contribution in [1.29, 1.82) is 0 Å². The van der Waals surface area contributed by atoms with E-state index in [1.54, 1.807) is 7.11 Å². The van der Waals surface area contributed by atoms with Crippen LogP contribution in [-0.2, 0) is 16.8 Å². The minimum Gasteiger partial charge on any atom is -0.497 e. The number of benzene rings is 2. The molecule has 0 N–H and O–H groups in total. The zero-order valence-corrected chi connectivity index (χ0v) is 13.1. The van der Waals surface area contributed by atoms with Crippen molar-refractivity contribution in [2.24, 2.45) is 0 Å². The van der Waals surface area contributed by atoms with Gasteiger partial charge in [-0.2, -0.15) is 0 Å². The summed E-state index contributed by atoms with van der Waals surface area (Å²) < 4.78 is 5.20. The van der Waals surface area contributed by atoms with Crippen LogP contribution in [0.2, 0.25) is 0 Å². The van der Waals surface area contributed by atoms with Crippen molar-refractivity contribution >= 4 is 5.91 Å². The first kappa shape index (κ1) is 14.6. The number of hydrogen-bond acceptors (Lipinski definition) is 2. The first-order valence-electron chi connectivity index (χ1n) is 7.61. The van der Waals surface area contributed by atoms with Gasteiger partial charge in [0.1, 0.15) is 5.75 Å². The first-order chi connectivity index (χ1) is 10.6. The lowest BCUT2D eigenvalue weighted by atomic mass is 9.81. The van der Waals surface area contributed by atoms with Gasteiger partial charge >= 0.3 is 0 Å². The number of carbonyl (C=O) groups is 1. The zero-order chi connectivity index (χ0) is 15.6. The molecule has 3 heteroatoms. The Balaban J connectivity index is 1.79. The molecule has 1 aliphatic heterocycles. The number of rotatable bonds is 4. The molecule has 3 rings (SSSR count). The van der Waals surface area contributed by atoms with Gasteiger partial charge in [0.05, 0.1) is 12.5 Å². The predicted octanol–water partition coefficient (Wildman–Crippen LogP) is 3.39. The number of hydrogen-bond donors (Lipinski definition) is 0. The lowest BCUT2D eigenvalue weighted by Gasteiger charge is -2.24. The highest BCUT2D eigenvalue weighted by Crippen LogP contribution is 2.36. The van der Waals surface area contributed by atoms with Crippen LogP contribution in [0.5, 0.6) is 5.75 Å². The van der Waals surface area contributed by atoms with Crippen LogP contribution in [-0.4, -0.2) is 24.5 Å². The van der Waals surface area contributed by atoms with Gasteiger partial charge in [-0.1, -0.05) is 42.5 Å². The molecule has 0 saturated carbocycles. The molecule has 1 heterocycles. The predicted molar refractivity (Wildman–Crippen MR) is 86.8 cm³/mol. The van der Waals surface area contributed by atoms with E-state index in [1.807, 2.05) is 54.3 Å². The molecule has 1 aliphatic rings. The summed E-state index contributed by atoms with van der Waals surface area (Å²) >= 11 is 0. The van der Waals surface area contributed by atoms with Crippen LogP contribution in [0.25, 0.3) is 0 Å². The number of amides is 1. The Kier molecular flexibility index (Phi) is 3.88. The largest absolute Gasteiger partial charge is 0.497 e. The molecular weight excluding hydrogens is 274 g/mol. The molecule has 1 amide bonds. The molecule has 22 heavy (non-hydrogen) atoms. The monoisotopic (exact) mass is 295 g/mol. The fraction of sp³-hybridized carbons (Fsp3) is 0.316. The maximum absolute atomic E-state index is 12.9. The van der Waals surface area contributed by atoms with E-state index >= 15 is 0 Å². The molecule has 1 fully saturated rings. The number of methoxy groups -OCH3 is 1. The fourth-order valence-corrected chi connectivity index (χ4v) is 3.10. The maximum atomic E-state index is 12.9. The van der Waals surface area contributed by atoms with Crippen LogP contribution in [0.15, 0.2) is 54.6 Å². The molecule has 0 bridgehead atoms. The smallest absolute Gasteiger partial charge is 0.233 e. The normalized spacial score (nSPS) is 21.2. The molecule has 1 atom stereocenters. The summed E-state index contributed by atoms with van der Waals surface area (Å²) in [5.41, 5.74) is 1.81. The van der Waals surface area contributed by atoms with Gasteiger partial charge in [-0.15, -0.1) is 0 Å². The van der Waals surface area contributed by atoms with Crippen molar-refractivity contribution in [3.05, 3.63) is 65.7 Å². The van der Waals surface area contributed by atoms with Crippen LogP contribution in [0.3, 0.4) is 0 Å². The second-order valence-corrected chi connectivity index (χ2v) is 6.02. The van der Waals surface area contributed by atoms with Crippen molar-refractivity contribution < 1.29 is 9.53 Å². The molecule has 0 aromatic heterocycles. The second kappa shape index (κ2) is 5.84. The summed E-state index contributed by atoms with van der Waals surface area (Å²) in [4.78, 5) is 14.8. The van der Waals surface area contributed by atoms with Crippen LogP contribution in [0.1, 0.15) is 24.5 Å². The van der Waals surface area contributed by atoms with E-state index in [1.165, 1.54) is 5.56 Å². The Bertz CT molecular complexity index is 651. The molecule has 0 aliphatic carbocycles. The minimum absolute atomic E-state index is 0.210. The van der Waals surface area contributed by atoms with Crippen LogP contribution in [0, 0.1) is 0 Å². The van der Waals surface area contributed by atoms with Crippen LogP contribution < -0.4 is 4.74 Å². The third-order valence-corrected chi connectivity index (χ3v) is 4.58. The van der Waals surface area contributed by atoms with Crippen molar-refractivity contribution in [2.45, 2.75) is 25.3 Å². The lowest BCUT2D eigenvalue weighted by molar-refractivity contribution is -0.132. The van der Waals surface area contributed by atoms with Gasteiger partial charge in [-0.05, 0) is 36.6 Å². The molecule has 114 valence electrons. The molecule has 2 aromatic carbocycles. The zero-order valence-electron chi connectivity index (χ0n) is 13.1. The molecule has 0 spiro atoms. The Hall–Kier alpha value is -2.29. The van der Waals surface area contributed by atoms with E-state index in [0.717, 1.165) is 24.3 Å². The van der Waals surface area contributed by atoms with Crippen molar-refractivity contribution in [2.75, 3.05) is 13.7 Å². The maximum Gasteiger partial charge on any atom is 0.233 e. The minimum atomic E-state index is -0.430. The Morgan fingerprint density at radius 1 is 1.09 bits per heavy atom. The van der Waals surface area contributed by atoms with Crippen molar-refractivity contribution in [3.8, 4) is 5.75 Å². The van der Waals surface area contributed by atoms with Gasteiger partial charge in [0.25, 0.3) is 0 Å².